The summed E-state index contributed by atoms with van der Waals surface area (Å²) in [5.74, 6) is 0. The van der Waals surface area contributed by atoms with Gasteiger partial charge >= 0.3 is 162 Å². The zero-order valence-corrected chi connectivity index (χ0v) is 22.5. The summed E-state index contributed by atoms with van der Waals surface area (Å²) >= 11 is 0. The van der Waals surface area contributed by atoms with Crippen molar-refractivity contribution < 1.29 is 0 Å². The van der Waals surface area contributed by atoms with E-state index in [0.717, 1.165) is 0 Å². The van der Waals surface area contributed by atoms with Gasteiger partial charge in [0.15, 0.2) is 0 Å². The van der Waals surface area contributed by atoms with Gasteiger partial charge in [-0.15, -0.1) is 0 Å². The summed E-state index contributed by atoms with van der Waals surface area (Å²) in [7, 11) is 49.9. The molecular formula is CaCl12Sb2. The van der Waals surface area contributed by atoms with Crippen molar-refractivity contribution in [2.45, 2.75) is 0 Å². The predicted molar refractivity (Wildman–Crippen MR) is 87.5 cm³/mol. The first-order chi connectivity index (χ1) is 4.90. The maximum atomic E-state index is 5.06. The van der Waals surface area contributed by atoms with Crippen molar-refractivity contribution in [3.05, 3.63) is 0 Å². The van der Waals surface area contributed by atoms with E-state index < -0.39 is 18.3 Å². The quantitative estimate of drug-likeness (QED) is 0.235. The molecule has 0 saturated heterocycles. The number of rotatable bonds is 0. The summed E-state index contributed by atoms with van der Waals surface area (Å²) in [6.45, 7) is 0. The van der Waals surface area contributed by atoms with Gasteiger partial charge in [-0.05, 0) is 0 Å². The van der Waals surface area contributed by atoms with Crippen LogP contribution in [0.2, 0.25) is 0 Å². The standard InChI is InChI=1S/Ca.12ClH.2Sb/h;12*1H;;/q+2;;;;;;;;;;;;;2*+5/p-12. The zero-order chi connectivity index (χ0) is 12.8. The van der Waals surface area contributed by atoms with Crippen LogP contribution in [-0.4, -0.2) is 56.0 Å². The van der Waals surface area contributed by atoms with E-state index in [-0.39, 0.29) is 37.7 Å². The summed E-state index contributed by atoms with van der Waals surface area (Å²) in [5.41, 5.74) is 0. The van der Waals surface area contributed by atoms with Crippen LogP contribution >= 0.6 is 106 Å². The summed E-state index contributed by atoms with van der Waals surface area (Å²) in [4.78, 5) is 0. The average molecular weight is 709 g/mol. The summed E-state index contributed by atoms with van der Waals surface area (Å²) in [6, 6.07) is 0. The van der Waals surface area contributed by atoms with E-state index in [1.807, 2.05) is 0 Å². The SMILES string of the molecule is [Ca+2].[Cl][Sb-]([Cl])([Cl])([Cl])([Cl])[Cl].[Cl][Sb-]([Cl])([Cl])([Cl])([Cl])[Cl]. The minimum absolute atomic E-state index is 0. The van der Waals surface area contributed by atoms with Gasteiger partial charge in [0.05, 0.1) is 0 Å². The first-order valence-electron chi connectivity index (χ1n) is 2.03. The Labute approximate surface area is 157 Å². The fourth-order valence-electron chi connectivity index (χ4n) is 0. The Morgan fingerprint density at radius 2 is 0.333 bits per heavy atom. The third kappa shape index (κ3) is 169. The normalized spacial score (nSPS) is 21.6. The fraction of sp³-hybridized carbons (Fsp3) is 0. The Morgan fingerprint density at radius 3 is 0.333 bits per heavy atom. The van der Waals surface area contributed by atoms with E-state index >= 15 is 0 Å². The Morgan fingerprint density at radius 1 is 0.333 bits per heavy atom. The molecule has 0 fully saturated rings. The van der Waals surface area contributed by atoms with E-state index in [1.54, 1.807) is 0 Å². The maximum absolute atomic E-state index is 5.42. The second-order valence-corrected chi connectivity index (χ2v) is 116. The molecule has 0 nitrogen and oxygen atoms in total. The van der Waals surface area contributed by atoms with Crippen LogP contribution in [0.3, 0.4) is 0 Å². The molecule has 0 heterocycles. The van der Waals surface area contributed by atoms with Crippen molar-refractivity contribution in [1.29, 1.82) is 0 Å². The van der Waals surface area contributed by atoms with Crippen molar-refractivity contribution in [2.75, 3.05) is 0 Å². The molecule has 0 bridgehead atoms. The van der Waals surface area contributed by atoms with Crippen molar-refractivity contribution >= 4 is 162 Å². The van der Waals surface area contributed by atoms with Crippen LogP contribution in [0.15, 0.2) is 0 Å². The monoisotopic (exact) mass is 701 g/mol. The molecule has 0 N–H and O–H groups in total. The Bertz CT molecular complexity index is 161. The Kier molecular flexibility index (Phi) is 10.1. The van der Waals surface area contributed by atoms with Crippen LogP contribution in [0.4, 0.5) is 0 Å². The van der Waals surface area contributed by atoms with E-state index in [4.69, 9.17) is 106 Å². The molecular weight excluding hydrogens is 709 g/mol. The molecule has 0 rings (SSSR count). The van der Waals surface area contributed by atoms with Crippen molar-refractivity contribution in [1.82, 2.24) is 0 Å². The van der Waals surface area contributed by atoms with Crippen LogP contribution < -0.4 is 0 Å². The third-order valence-corrected chi connectivity index (χ3v) is 0. The summed E-state index contributed by atoms with van der Waals surface area (Å²) in [6.07, 6.45) is 0. The molecule has 0 radical (unpaired) electrons. The molecule has 0 aliphatic rings. The average Bonchev–Trinajstić information content (AvgIpc) is 0.938. The van der Waals surface area contributed by atoms with Crippen molar-refractivity contribution in [2.24, 2.45) is 0 Å². The van der Waals surface area contributed by atoms with Crippen LogP contribution in [0.25, 0.3) is 0 Å². The van der Waals surface area contributed by atoms with Gasteiger partial charge in [-0.1, -0.05) is 0 Å². The molecule has 0 aliphatic heterocycles. The first kappa shape index (κ1) is 26.3. The molecule has 0 amide bonds. The molecule has 0 atom stereocenters. The first-order valence-corrected chi connectivity index (χ1v) is 40.8. The minimum atomic E-state index is -5.42. The topological polar surface area (TPSA) is 0 Å². The predicted octanol–water partition coefficient (Wildman–Crippen LogP) is 7.13. The summed E-state index contributed by atoms with van der Waals surface area (Å²) < 4.78 is 0. The molecule has 0 saturated carbocycles. The van der Waals surface area contributed by atoms with E-state index in [2.05, 4.69) is 0 Å². The van der Waals surface area contributed by atoms with E-state index in [0.29, 0.717) is 0 Å². The van der Waals surface area contributed by atoms with Gasteiger partial charge in [-0.3, -0.25) is 0 Å². The van der Waals surface area contributed by atoms with Gasteiger partial charge in [-0.25, -0.2) is 0 Å². The Hall–Kier alpha value is 6.38. The van der Waals surface area contributed by atoms with Crippen LogP contribution in [0.1, 0.15) is 0 Å². The fourth-order valence-corrected chi connectivity index (χ4v) is 0. The Balaban J connectivity index is -0.000000180. The van der Waals surface area contributed by atoms with Crippen LogP contribution in [0, 0.1) is 0 Å². The molecule has 0 aromatic carbocycles. The summed E-state index contributed by atoms with van der Waals surface area (Å²) in [5, 5.41) is 0. The molecule has 0 unspecified atom stereocenters. The van der Waals surface area contributed by atoms with Gasteiger partial charge in [0.25, 0.3) is 0 Å². The van der Waals surface area contributed by atoms with E-state index in [9.17, 15) is 0 Å². The second kappa shape index (κ2) is 5.78. The number of hydrogen-bond donors (Lipinski definition) is 0. The van der Waals surface area contributed by atoms with Crippen LogP contribution in [-0.2, 0) is 0 Å². The van der Waals surface area contributed by atoms with Gasteiger partial charge < -0.3 is 0 Å². The molecule has 0 aromatic rings. The van der Waals surface area contributed by atoms with Gasteiger partial charge in [0.1, 0.15) is 0 Å². The molecule has 0 aliphatic carbocycles. The van der Waals surface area contributed by atoms with Crippen molar-refractivity contribution in [3.8, 4) is 0 Å². The van der Waals surface area contributed by atoms with Crippen molar-refractivity contribution in [3.63, 3.8) is 0 Å². The molecule has 15 heteroatoms. The zero-order valence-electron chi connectivity index (χ0n) is 6.14. The van der Waals surface area contributed by atoms with Crippen LogP contribution in [0.5, 0.6) is 0 Å². The van der Waals surface area contributed by atoms with Gasteiger partial charge in [-0.2, -0.15) is 0 Å². The number of hydrogen-bond acceptors (Lipinski definition) is 0. The molecule has 0 spiro atoms. The second-order valence-electron chi connectivity index (χ2n) is 1.92. The number of halogens is 12. The van der Waals surface area contributed by atoms with Gasteiger partial charge in [0.2, 0.25) is 0 Å². The molecule has 96 valence electrons. The third-order valence-electron chi connectivity index (χ3n) is 0. The molecule has 0 aromatic heterocycles. The molecule has 15 heavy (non-hydrogen) atoms. The van der Waals surface area contributed by atoms with Gasteiger partial charge in [0, 0.05) is 0 Å². The van der Waals surface area contributed by atoms with E-state index in [1.165, 1.54) is 0 Å².